The van der Waals surface area contributed by atoms with Crippen LogP contribution in [0.3, 0.4) is 0 Å². The van der Waals surface area contributed by atoms with E-state index in [4.69, 9.17) is 14.5 Å². The Kier molecular flexibility index (Phi) is 6.27. The van der Waals surface area contributed by atoms with Gasteiger partial charge in [-0.15, -0.1) is 0 Å². The van der Waals surface area contributed by atoms with Crippen LogP contribution in [0.2, 0.25) is 0 Å². The number of anilines is 3. The molecule has 2 amide bonds. The predicted octanol–water partition coefficient (Wildman–Crippen LogP) is 5.39. The number of pyridine rings is 1. The van der Waals surface area contributed by atoms with E-state index >= 15 is 0 Å². The number of amides is 2. The van der Waals surface area contributed by atoms with Crippen LogP contribution in [0.5, 0.6) is 5.75 Å². The second-order valence-corrected chi connectivity index (χ2v) is 8.00. The van der Waals surface area contributed by atoms with Crippen LogP contribution in [-0.4, -0.2) is 44.4 Å². The molecular weight excluding hydrogens is 428 g/mol. The van der Waals surface area contributed by atoms with Crippen LogP contribution in [0.15, 0.2) is 78.9 Å². The molecule has 0 radical (unpaired) electrons. The van der Waals surface area contributed by atoms with E-state index in [1.807, 2.05) is 48.5 Å². The lowest BCUT2D eigenvalue weighted by atomic mass is 10.1. The van der Waals surface area contributed by atoms with Crippen molar-refractivity contribution in [2.75, 3.05) is 48.9 Å². The van der Waals surface area contributed by atoms with Gasteiger partial charge in [0.05, 0.1) is 37.2 Å². The van der Waals surface area contributed by atoms with Gasteiger partial charge in [0.2, 0.25) is 0 Å². The maximum absolute atomic E-state index is 12.7. The molecule has 0 bridgehead atoms. The SMILES string of the molecule is COc1ccccc1NC(=O)Nc1ccc2nc(-c3ccccc3)cc(N3CCOCC3)c2c1. The molecule has 7 heteroatoms. The molecule has 7 nitrogen and oxygen atoms in total. The number of ether oxygens (including phenoxy) is 2. The fraction of sp³-hybridized carbons (Fsp3) is 0.185. The van der Waals surface area contributed by atoms with Crippen LogP contribution in [-0.2, 0) is 4.74 Å². The van der Waals surface area contributed by atoms with Crippen LogP contribution < -0.4 is 20.3 Å². The second-order valence-electron chi connectivity index (χ2n) is 8.00. The number of hydrogen-bond acceptors (Lipinski definition) is 5. The molecule has 2 heterocycles. The van der Waals surface area contributed by atoms with Gasteiger partial charge < -0.3 is 25.0 Å². The highest BCUT2D eigenvalue weighted by atomic mass is 16.5. The molecule has 1 fully saturated rings. The molecule has 4 aromatic rings. The van der Waals surface area contributed by atoms with Crippen LogP contribution >= 0.6 is 0 Å². The van der Waals surface area contributed by atoms with Crippen molar-refractivity contribution in [3.05, 3.63) is 78.9 Å². The van der Waals surface area contributed by atoms with E-state index in [0.717, 1.165) is 40.9 Å². The number of carbonyl (C=O) groups is 1. The number of carbonyl (C=O) groups excluding carboxylic acids is 1. The van der Waals surface area contributed by atoms with Gasteiger partial charge in [-0.2, -0.15) is 0 Å². The number of hydrogen-bond donors (Lipinski definition) is 2. The highest BCUT2D eigenvalue weighted by molar-refractivity contribution is 6.03. The van der Waals surface area contributed by atoms with E-state index in [2.05, 4.69) is 33.7 Å². The molecular formula is C27H26N4O3. The average Bonchev–Trinajstić information content (AvgIpc) is 2.89. The summed E-state index contributed by atoms with van der Waals surface area (Å²) < 4.78 is 10.9. The Hall–Kier alpha value is -4.10. The molecule has 1 aliphatic heterocycles. The molecule has 2 N–H and O–H groups in total. The number of benzene rings is 3. The number of nitrogens with one attached hydrogen (secondary N) is 2. The van der Waals surface area contributed by atoms with Crippen molar-refractivity contribution in [1.82, 2.24) is 4.98 Å². The lowest BCUT2D eigenvalue weighted by Gasteiger charge is -2.30. The maximum atomic E-state index is 12.7. The largest absolute Gasteiger partial charge is 0.495 e. The summed E-state index contributed by atoms with van der Waals surface area (Å²) in [5.74, 6) is 0.600. The first kappa shape index (κ1) is 21.7. The highest BCUT2D eigenvalue weighted by Crippen LogP contribution is 2.33. The molecule has 1 saturated heterocycles. The Bertz CT molecular complexity index is 1300. The molecule has 0 spiro atoms. The summed E-state index contributed by atoms with van der Waals surface area (Å²) in [4.78, 5) is 19.9. The summed E-state index contributed by atoms with van der Waals surface area (Å²) in [6.45, 7) is 2.98. The van der Waals surface area contributed by atoms with Crippen molar-refractivity contribution in [3.8, 4) is 17.0 Å². The van der Waals surface area contributed by atoms with Gasteiger partial charge in [-0.3, -0.25) is 0 Å². The number of rotatable bonds is 5. The van der Waals surface area contributed by atoms with E-state index in [0.29, 0.717) is 30.3 Å². The number of methoxy groups -OCH3 is 1. The Morgan fingerprint density at radius 2 is 1.71 bits per heavy atom. The van der Waals surface area contributed by atoms with Gasteiger partial charge in [0, 0.05) is 35.4 Å². The van der Waals surface area contributed by atoms with Gasteiger partial charge in [0.25, 0.3) is 0 Å². The van der Waals surface area contributed by atoms with Gasteiger partial charge in [-0.1, -0.05) is 42.5 Å². The van der Waals surface area contributed by atoms with Crippen LogP contribution in [0.1, 0.15) is 0 Å². The first-order chi connectivity index (χ1) is 16.7. The Balaban J connectivity index is 1.48. The molecule has 5 rings (SSSR count). The molecule has 0 atom stereocenters. The molecule has 0 saturated carbocycles. The van der Waals surface area contributed by atoms with Crippen LogP contribution in [0, 0.1) is 0 Å². The number of aromatic nitrogens is 1. The van der Waals surface area contributed by atoms with Crippen molar-refractivity contribution < 1.29 is 14.3 Å². The lowest BCUT2D eigenvalue weighted by Crippen LogP contribution is -2.36. The van der Waals surface area contributed by atoms with E-state index in [1.54, 1.807) is 19.2 Å². The third-order valence-corrected chi connectivity index (χ3v) is 5.82. The lowest BCUT2D eigenvalue weighted by molar-refractivity contribution is 0.123. The first-order valence-electron chi connectivity index (χ1n) is 11.3. The first-order valence-corrected chi connectivity index (χ1v) is 11.3. The number of fused-ring (bicyclic) bond motifs is 1. The monoisotopic (exact) mass is 454 g/mol. The number of nitrogens with zero attached hydrogens (tertiary/aromatic N) is 2. The molecule has 1 aromatic heterocycles. The maximum Gasteiger partial charge on any atom is 0.323 e. The van der Waals surface area contributed by atoms with Gasteiger partial charge in [0.1, 0.15) is 5.75 Å². The van der Waals surface area contributed by atoms with Gasteiger partial charge in [-0.25, -0.2) is 9.78 Å². The molecule has 34 heavy (non-hydrogen) atoms. The smallest absolute Gasteiger partial charge is 0.323 e. The number of para-hydroxylation sites is 2. The summed E-state index contributed by atoms with van der Waals surface area (Å²) >= 11 is 0. The fourth-order valence-electron chi connectivity index (χ4n) is 4.14. The Labute approximate surface area is 198 Å². The number of morpholine rings is 1. The van der Waals surface area contributed by atoms with Crippen molar-refractivity contribution in [2.45, 2.75) is 0 Å². The third-order valence-electron chi connectivity index (χ3n) is 5.82. The number of urea groups is 1. The minimum atomic E-state index is -0.342. The Morgan fingerprint density at radius 3 is 2.50 bits per heavy atom. The van der Waals surface area contributed by atoms with Gasteiger partial charge in [-0.05, 0) is 36.4 Å². The van der Waals surface area contributed by atoms with Gasteiger partial charge in [0.15, 0.2) is 0 Å². The molecule has 0 aliphatic carbocycles. The summed E-state index contributed by atoms with van der Waals surface area (Å²) in [5, 5.41) is 6.77. The predicted molar refractivity (Wildman–Crippen MR) is 136 cm³/mol. The summed E-state index contributed by atoms with van der Waals surface area (Å²) in [7, 11) is 1.58. The van der Waals surface area contributed by atoms with Crippen molar-refractivity contribution in [3.63, 3.8) is 0 Å². The van der Waals surface area contributed by atoms with E-state index in [9.17, 15) is 4.79 Å². The summed E-state index contributed by atoms with van der Waals surface area (Å²) in [6, 6.07) is 25.0. The van der Waals surface area contributed by atoms with E-state index in [1.165, 1.54) is 0 Å². The quantitative estimate of drug-likeness (QED) is 0.423. The van der Waals surface area contributed by atoms with E-state index < -0.39 is 0 Å². The Morgan fingerprint density at radius 1 is 0.941 bits per heavy atom. The summed E-state index contributed by atoms with van der Waals surface area (Å²) in [5.41, 5.74) is 5.23. The summed E-state index contributed by atoms with van der Waals surface area (Å²) in [6.07, 6.45) is 0. The zero-order chi connectivity index (χ0) is 23.3. The molecule has 1 aliphatic rings. The van der Waals surface area contributed by atoms with E-state index in [-0.39, 0.29) is 6.03 Å². The van der Waals surface area contributed by atoms with Crippen molar-refractivity contribution in [1.29, 1.82) is 0 Å². The van der Waals surface area contributed by atoms with Crippen LogP contribution in [0.4, 0.5) is 21.9 Å². The third kappa shape index (κ3) is 4.65. The minimum absolute atomic E-state index is 0.342. The van der Waals surface area contributed by atoms with Crippen molar-refractivity contribution >= 4 is 34.0 Å². The van der Waals surface area contributed by atoms with Crippen LogP contribution in [0.25, 0.3) is 22.2 Å². The fourth-order valence-corrected chi connectivity index (χ4v) is 4.14. The topological polar surface area (TPSA) is 75.7 Å². The molecule has 172 valence electrons. The molecule has 3 aromatic carbocycles. The zero-order valence-electron chi connectivity index (χ0n) is 19.0. The molecule has 0 unspecified atom stereocenters. The normalized spacial score (nSPS) is 13.5. The average molecular weight is 455 g/mol. The van der Waals surface area contributed by atoms with Gasteiger partial charge >= 0.3 is 6.03 Å². The minimum Gasteiger partial charge on any atom is -0.495 e. The zero-order valence-corrected chi connectivity index (χ0v) is 19.0. The van der Waals surface area contributed by atoms with Crippen molar-refractivity contribution in [2.24, 2.45) is 0 Å². The highest BCUT2D eigenvalue weighted by Gasteiger charge is 2.17. The standard InChI is InChI=1S/C27H26N4O3/c1-33-26-10-6-5-9-23(26)30-27(32)28-20-11-12-22-21(17-20)25(31-13-15-34-16-14-31)18-24(29-22)19-7-3-2-4-8-19/h2-12,17-18H,13-16H2,1H3,(H2,28,30,32). The second kappa shape index (κ2) is 9.80.